The van der Waals surface area contributed by atoms with E-state index in [-0.39, 0.29) is 48.2 Å². The molecular formula is C13H18ClN3O5S. The molecule has 23 heavy (non-hydrogen) atoms. The van der Waals surface area contributed by atoms with Crippen LogP contribution in [0.15, 0.2) is 17.0 Å². The summed E-state index contributed by atoms with van der Waals surface area (Å²) in [6.07, 6.45) is 0.624. The molecule has 128 valence electrons. The molecule has 1 aromatic rings. The zero-order valence-electron chi connectivity index (χ0n) is 12.4. The van der Waals surface area contributed by atoms with Crippen LogP contribution in [0.4, 0.5) is 5.69 Å². The molecule has 1 aromatic carbocycles. The van der Waals surface area contributed by atoms with E-state index in [0.29, 0.717) is 24.4 Å². The van der Waals surface area contributed by atoms with Crippen molar-refractivity contribution < 1.29 is 22.7 Å². The molecule has 1 unspecified atom stereocenters. The molecule has 2 aliphatic heterocycles. The molecule has 0 aromatic heterocycles. The molecule has 8 nitrogen and oxygen atoms in total. The number of methoxy groups -OCH3 is 1. The number of halogens is 1. The number of rotatable bonds is 3. The maximum atomic E-state index is 12.8. The predicted octanol–water partition coefficient (Wildman–Crippen LogP) is 0.170. The van der Waals surface area contributed by atoms with Crippen LogP contribution < -0.4 is 20.5 Å². The van der Waals surface area contributed by atoms with Crippen molar-refractivity contribution in [2.45, 2.75) is 17.4 Å². The molecule has 3 rings (SSSR count). The van der Waals surface area contributed by atoms with E-state index in [4.69, 9.17) is 15.2 Å². The maximum absolute atomic E-state index is 12.8. The molecule has 1 fully saturated rings. The Kier molecular flexibility index (Phi) is 5.04. The molecule has 3 N–H and O–H groups in total. The van der Waals surface area contributed by atoms with E-state index >= 15 is 0 Å². The maximum Gasteiger partial charge on any atom is 0.262 e. The van der Waals surface area contributed by atoms with E-state index in [2.05, 4.69) is 5.32 Å². The number of nitrogens with zero attached hydrogens (tertiary/aromatic N) is 1. The van der Waals surface area contributed by atoms with Gasteiger partial charge in [0.25, 0.3) is 5.91 Å². The number of sulfonamides is 1. The van der Waals surface area contributed by atoms with Gasteiger partial charge in [-0.05, 0) is 6.42 Å². The second kappa shape index (κ2) is 6.52. The highest BCUT2D eigenvalue weighted by Gasteiger charge is 2.34. The number of hydrogen-bond acceptors (Lipinski definition) is 6. The lowest BCUT2D eigenvalue weighted by Gasteiger charge is -2.22. The number of nitrogens with one attached hydrogen (secondary N) is 1. The fourth-order valence-electron chi connectivity index (χ4n) is 2.56. The van der Waals surface area contributed by atoms with Crippen LogP contribution in [0.1, 0.15) is 6.42 Å². The average Bonchev–Trinajstić information content (AvgIpc) is 2.93. The van der Waals surface area contributed by atoms with Crippen LogP contribution in [0.25, 0.3) is 0 Å². The van der Waals surface area contributed by atoms with Crippen molar-refractivity contribution in [1.82, 2.24) is 4.31 Å². The van der Waals surface area contributed by atoms with Crippen molar-refractivity contribution in [3.05, 3.63) is 12.1 Å². The lowest BCUT2D eigenvalue weighted by Crippen LogP contribution is -2.32. The summed E-state index contributed by atoms with van der Waals surface area (Å²) in [7, 11) is -2.35. The van der Waals surface area contributed by atoms with Gasteiger partial charge in [0.05, 0.1) is 12.8 Å². The molecule has 0 saturated carbocycles. The van der Waals surface area contributed by atoms with Crippen LogP contribution in [0.5, 0.6) is 11.5 Å². The summed E-state index contributed by atoms with van der Waals surface area (Å²) in [6, 6.07) is 2.68. The molecule has 1 atom stereocenters. The van der Waals surface area contributed by atoms with Crippen molar-refractivity contribution in [2.24, 2.45) is 5.73 Å². The summed E-state index contributed by atoms with van der Waals surface area (Å²) in [5, 5.41) is 2.62. The fraction of sp³-hybridized carbons (Fsp3) is 0.462. The van der Waals surface area contributed by atoms with E-state index in [9.17, 15) is 13.2 Å². The Hall–Kier alpha value is -1.55. The Morgan fingerprint density at radius 1 is 1.43 bits per heavy atom. The van der Waals surface area contributed by atoms with Gasteiger partial charge in [0.2, 0.25) is 10.0 Å². The third kappa shape index (κ3) is 3.23. The SMILES string of the molecule is COc1cc2c(cc1S(=O)(=O)N1CCC(N)C1)OCC(=O)N2.Cl. The monoisotopic (exact) mass is 363 g/mol. The molecule has 10 heteroatoms. The van der Waals surface area contributed by atoms with Crippen molar-refractivity contribution in [1.29, 1.82) is 0 Å². The summed E-state index contributed by atoms with van der Waals surface area (Å²) < 4.78 is 37.3. The minimum atomic E-state index is -3.73. The molecule has 1 amide bonds. The van der Waals surface area contributed by atoms with Crippen LogP contribution in [-0.4, -0.2) is 51.5 Å². The lowest BCUT2D eigenvalue weighted by atomic mass is 10.2. The van der Waals surface area contributed by atoms with Crippen molar-refractivity contribution in [3.8, 4) is 11.5 Å². The molecule has 1 saturated heterocycles. The van der Waals surface area contributed by atoms with E-state index in [1.165, 1.54) is 23.5 Å². The molecule has 0 spiro atoms. The van der Waals surface area contributed by atoms with Crippen molar-refractivity contribution >= 4 is 34.0 Å². The quantitative estimate of drug-likeness (QED) is 0.792. The van der Waals surface area contributed by atoms with Gasteiger partial charge in [-0.3, -0.25) is 4.79 Å². The largest absolute Gasteiger partial charge is 0.495 e. The average molecular weight is 364 g/mol. The summed E-state index contributed by atoms with van der Waals surface area (Å²) in [4.78, 5) is 11.3. The van der Waals surface area contributed by atoms with Gasteiger partial charge in [0, 0.05) is 31.3 Å². The fourth-order valence-corrected chi connectivity index (χ4v) is 4.22. The van der Waals surface area contributed by atoms with Crippen LogP contribution in [0.2, 0.25) is 0 Å². The highest BCUT2D eigenvalue weighted by molar-refractivity contribution is 7.89. The predicted molar refractivity (Wildman–Crippen MR) is 85.7 cm³/mol. The molecular weight excluding hydrogens is 346 g/mol. The van der Waals surface area contributed by atoms with Crippen LogP contribution in [0.3, 0.4) is 0 Å². The normalized spacial score (nSPS) is 21.0. The third-order valence-corrected chi connectivity index (χ3v) is 5.59. The summed E-state index contributed by atoms with van der Waals surface area (Å²) in [5.41, 5.74) is 6.18. The van der Waals surface area contributed by atoms with E-state index in [0.717, 1.165) is 0 Å². The molecule has 0 bridgehead atoms. The van der Waals surface area contributed by atoms with Crippen molar-refractivity contribution in [3.63, 3.8) is 0 Å². The molecule has 0 aliphatic carbocycles. The first-order valence-electron chi connectivity index (χ1n) is 6.82. The van der Waals surface area contributed by atoms with Gasteiger partial charge in [-0.2, -0.15) is 4.31 Å². The first-order valence-corrected chi connectivity index (χ1v) is 8.26. The molecule has 2 aliphatic rings. The number of fused-ring (bicyclic) bond motifs is 1. The number of benzene rings is 1. The Morgan fingerprint density at radius 3 is 2.78 bits per heavy atom. The highest BCUT2D eigenvalue weighted by Crippen LogP contribution is 2.38. The lowest BCUT2D eigenvalue weighted by molar-refractivity contribution is -0.118. The number of anilines is 1. The number of ether oxygens (including phenoxy) is 2. The second-order valence-electron chi connectivity index (χ2n) is 5.25. The van der Waals surface area contributed by atoms with Gasteiger partial charge >= 0.3 is 0 Å². The van der Waals surface area contributed by atoms with Gasteiger partial charge in [0.1, 0.15) is 16.4 Å². The number of nitrogens with two attached hydrogens (primary N) is 1. The minimum absolute atomic E-state index is 0. The Morgan fingerprint density at radius 2 is 2.17 bits per heavy atom. The van der Waals surface area contributed by atoms with E-state index in [1.54, 1.807) is 0 Å². The molecule has 0 radical (unpaired) electrons. The standard InChI is InChI=1S/C13H17N3O5S.ClH/c1-20-11-4-9-10(21-7-13(17)15-9)5-12(11)22(18,19)16-3-2-8(14)6-16;/h4-5,8H,2-3,6-7,14H2,1H3,(H,15,17);1H. The topological polar surface area (TPSA) is 111 Å². The highest BCUT2D eigenvalue weighted by atomic mass is 35.5. The third-order valence-electron chi connectivity index (χ3n) is 3.70. The first-order chi connectivity index (χ1) is 10.4. The summed E-state index contributed by atoms with van der Waals surface area (Å²) >= 11 is 0. The smallest absolute Gasteiger partial charge is 0.262 e. The zero-order chi connectivity index (χ0) is 15.9. The van der Waals surface area contributed by atoms with Gasteiger partial charge in [0.15, 0.2) is 6.61 Å². The summed E-state index contributed by atoms with van der Waals surface area (Å²) in [5.74, 6) is 0.170. The van der Waals surface area contributed by atoms with Crippen LogP contribution in [0, 0.1) is 0 Å². The zero-order valence-corrected chi connectivity index (χ0v) is 14.1. The van der Waals surface area contributed by atoms with Gasteiger partial charge < -0.3 is 20.5 Å². The van der Waals surface area contributed by atoms with Gasteiger partial charge in [-0.1, -0.05) is 0 Å². The number of amides is 1. The number of carbonyl (C=O) groups is 1. The Bertz CT molecular complexity index is 725. The van der Waals surface area contributed by atoms with E-state index in [1.807, 2.05) is 0 Å². The van der Waals surface area contributed by atoms with E-state index < -0.39 is 10.0 Å². The Labute approximate surface area is 140 Å². The van der Waals surface area contributed by atoms with Crippen LogP contribution in [-0.2, 0) is 14.8 Å². The number of carbonyl (C=O) groups excluding carboxylic acids is 1. The van der Waals surface area contributed by atoms with Crippen LogP contribution >= 0.6 is 12.4 Å². The second-order valence-corrected chi connectivity index (χ2v) is 7.15. The van der Waals surface area contributed by atoms with Gasteiger partial charge in [-0.25, -0.2) is 8.42 Å². The van der Waals surface area contributed by atoms with Gasteiger partial charge in [-0.15, -0.1) is 12.4 Å². The summed E-state index contributed by atoms with van der Waals surface area (Å²) in [6.45, 7) is 0.509. The first kappa shape index (κ1) is 17.8. The number of hydrogen-bond donors (Lipinski definition) is 2. The van der Waals surface area contributed by atoms with Crippen molar-refractivity contribution in [2.75, 3.05) is 32.1 Å². The minimum Gasteiger partial charge on any atom is -0.495 e. The Balaban J connectivity index is 0.00000192. The molecule has 2 heterocycles.